The number of carbonyl (C=O) groups excluding carboxylic acids is 2. The van der Waals surface area contributed by atoms with Crippen LogP contribution in [-0.2, 0) is 16.0 Å². The number of hydrogen-bond acceptors (Lipinski definition) is 2. The molecule has 4 nitrogen and oxygen atoms in total. The van der Waals surface area contributed by atoms with Crippen LogP contribution < -0.4 is 10.2 Å². The Morgan fingerprint density at radius 3 is 2.61 bits per heavy atom. The van der Waals surface area contributed by atoms with Crippen LogP contribution in [0.25, 0.3) is 0 Å². The van der Waals surface area contributed by atoms with E-state index in [0.29, 0.717) is 12.8 Å². The van der Waals surface area contributed by atoms with Crippen molar-refractivity contribution in [2.45, 2.75) is 26.2 Å². The van der Waals surface area contributed by atoms with Gasteiger partial charge in [-0.15, -0.1) is 0 Å². The van der Waals surface area contributed by atoms with Crippen LogP contribution in [0, 0.1) is 6.92 Å². The third kappa shape index (κ3) is 3.77. The molecule has 3 rings (SSSR count). The highest BCUT2D eigenvalue weighted by atomic mass is 16.2. The predicted octanol–water partition coefficient (Wildman–Crippen LogP) is 3.30. The van der Waals surface area contributed by atoms with Crippen LogP contribution in [-0.4, -0.2) is 18.4 Å². The predicted molar refractivity (Wildman–Crippen MR) is 91.5 cm³/mol. The van der Waals surface area contributed by atoms with Gasteiger partial charge in [-0.3, -0.25) is 9.59 Å². The molecule has 1 heterocycles. The lowest BCUT2D eigenvalue weighted by Gasteiger charge is -2.16. The normalized spacial score (nSPS) is 14.1. The van der Waals surface area contributed by atoms with Gasteiger partial charge in [-0.25, -0.2) is 0 Å². The van der Waals surface area contributed by atoms with Crippen molar-refractivity contribution < 1.29 is 9.59 Å². The van der Waals surface area contributed by atoms with Gasteiger partial charge in [0.2, 0.25) is 11.8 Å². The number of aryl methyl sites for hydroxylation is 1. The summed E-state index contributed by atoms with van der Waals surface area (Å²) in [5.74, 6) is 0.127. The number of anilines is 2. The van der Waals surface area contributed by atoms with Crippen molar-refractivity contribution in [1.82, 2.24) is 0 Å². The van der Waals surface area contributed by atoms with Gasteiger partial charge in [0.25, 0.3) is 0 Å². The zero-order chi connectivity index (χ0) is 16.2. The Morgan fingerprint density at radius 1 is 1.17 bits per heavy atom. The van der Waals surface area contributed by atoms with Gasteiger partial charge < -0.3 is 10.2 Å². The lowest BCUT2D eigenvalue weighted by Crippen LogP contribution is -2.23. The highest BCUT2D eigenvalue weighted by Gasteiger charge is 2.21. The summed E-state index contributed by atoms with van der Waals surface area (Å²) in [4.78, 5) is 25.6. The molecule has 23 heavy (non-hydrogen) atoms. The van der Waals surface area contributed by atoms with Crippen LogP contribution in [0.2, 0.25) is 0 Å². The molecule has 0 aliphatic carbocycles. The van der Waals surface area contributed by atoms with Crippen molar-refractivity contribution in [3.8, 4) is 0 Å². The smallest absolute Gasteiger partial charge is 0.228 e. The van der Waals surface area contributed by atoms with Gasteiger partial charge in [-0.05, 0) is 43.2 Å². The first-order chi connectivity index (χ1) is 11.1. The van der Waals surface area contributed by atoms with E-state index in [9.17, 15) is 9.59 Å². The summed E-state index contributed by atoms with van der Waals surface area (Å²) in [6.07, 6.45) is 1.89. The van der Waals surface area contributed by atoms with Crippen molar-refractivity contribution in [1.29, 1.82) is 0 Å². The molecule has 0 unspecified atom stereocenters. The number of rotatable bonds is 4. The number of hydrogen-bond donors (Lipinski definition) is 1. The summed E-state index contributed by atoms with van der Waals surface area (Å²) >= 11 is 0. The van der Waals surface area contributed by atoms with Crippen LogP contribution in [0.15, 0.2) is 48.5 Å². The molecular weight excluding hydrogens is 288 g/mol. The van der Waals surface area contributed by atoms with E-state index in [1.807, 2.05) is 55.5 Å². The highest BCUT2D eigenvalue weighted by molar-refractivity contribution is 5.96. The third-order valence-electron chi connectivity index (χ3n) is 3.98. The minimum absolute atomic E-state index is 0.0411. The van der Waals surface area contributed by atoms with Crippen molar-refractivity contribution in [3.63, 3.8) is 0 Å². The fourth-order valence-corrected chi connectivity index (χ4v) is 2.86. The zero-order valence-corrected chi connectivity index (χ0v) is 13.2. The van der Waals surface area contributed by atoms with Gasteiger partial charge in [-0.1, -0.05) is 29.8 Å². The van der Waals surface area contributed by atoms with Gasteiger partial charge >= 0.3 is 0 Å². The van der Waals surface area contributed by atoms with Crippen LogP contribution in [0.3, 0.4) is 0 Å². The Labute approximate surface area is 136 Å². The van der Waals surface area contributed by atoms with Crippen molar-refractivity contribution in [3.05, 3.63) is 59.7 Å². The van der Waals surface area contributed by atoms with Crippen LogP contribution >= 0.6 is 0 Å². The summed E-state index contributed by atoms with van der Waals surface area (Å²) in [7, 11) is 0. The molecule has 0 atom stereocenters. The number of nitrogens with zero attached hydrogens (tertiary/aromatic N) is 1. The Kier molecular flexibility index (Phi) is 4.42. The van der Waals surface area contributed by atoms with E-state index in [0.717, 1.165) is 35.5 Å². The van der Waals surface area contributed by atoms with Crippen molar-refractivity contribution >= 4 is 23.2 Å². The SMILES string of the molecule is Cc1cccc(CC(=O)Nc2ccc(N3CCCC3=O)cc2)c1. The standard InChI is InChI=1S/C19H20N2O2/c1-14-4-2-5-15(12-14)13-18(22)20-16-7-9-17(10-8-16)21-11-3-6-19(21)23/h2,4-5,7-10,12H,3,6,11,13H2,1H3,(H,20,22). The Hall–Kier alpha value is -2.62. The molecule has 0 aromatic heterocycles. The van der Waals surface area contributed by atoms with Gasteiger partial charge in [0.15, 0.2) is 0 Å². The molecule has 0 bridgehead atoms. The van der Waals surface area contributed by atoms with Crippen LogP contribution in [0.1, 0.15) is 24.0 Å². The zero-order valence-electron chi connectivity index (χ0n) is 13.2. The quantitative estimate of drug-likeness (QED) is 0.942. The molecule has 1 N–H and O–H groups in total. The lowest BCUT2D eigenvalue weighted by molar-refractivity contribution is -0.117. The second-order valence-corrected chi connectivity index (χ2v) is 5.91. The molecule has 0 spiro atoms. The molecule has 1 aliphatic rings. The molecule has 1 saturated heterocycles. The first-order valence-electron chi connectivity index (χ1n) is 7.88. The minimum Gasteiger partial charge on any atom is -0.326 e. The van der Waals surface area contributed by atoms with Crippen molar-refractivity contribution in [2.24, 2.45) is 0 Å². The van der Waals surface area contributed by atoms with Gasteiger partial charge in [0.1, 0.15) is 0 Å². The van der Waals surface area contributed by atoms with Crippen molar-refractivity contribution in [2.75, 3.05) is 16.8 Å². The molecule has 0 saturated carbocycles. The van der Waals surface area contributed by atoms with E-state index in [4.69, 9.17) is 0 Å². The molecular formula is C19H20N2O2. The molecule has 2 aromatic rings. The molecule has 0 radical (unpaired) electrons. The van der Waals surface area contributed by atoms with E-state index >= 15 is 0 Å². The summed E-state index contributed by atoms with van der Waals surface area (Å²) < 4.78 is 0. The maximum absolute atomic E-state index is 12.1. The fraction of sp³-hybridized carbons (Fsp3) is 0.263. The van der Waals surface area contributed by atoms with E-state index in [1.165, 1.54) is 0 Å². The summed E-state index contributed by atoms with van der Waals surface area (Å²) in [5, 5.41) is 2.90. The summed E-state index contributed by atoms with van der Waals surface area (Å²) in [5.41, 5.74) is 3.79. The van der Waals surface area contributed by atoms with E-state index in [2.05, 4.69) is 5.32 Å². The number of amides is 2. The first kappa shape index (κ1) is 15.3. The largest absolute Gasteiger partial charge is 0.326 e. The molecule has 118 valence electrons. The number of nitrogens with one attached hydrogen (secondary N) is 1. The van der Waals surface area contributed by atoms with Gasteiger partial charge in [-0.2, -0.15) is 0 Å². The first-order valence-corrected chi connectivity index (χ1v) is 7.88. The highest BCUT2D eigenvalue weighted by Crippen LogP contribution is 2.23. The van der Waals surface area contributed by atoms with Crippen LogP contribution in [0.4, 0.5) is 11.4 Å². The number of benzene rings is 2. The summed E-state index contributed by atoms with van der Waals surface area (Å²) in [6.45, 7) is 2.79. The monoisotopic (exact) mass is 308 g/mol. The Balaban J connectivity index is 1.61. The van der Waals surface area contributed by atoms with E-state index in [-0.39, 0.29) is 11.8 Å². The van der Waals surface area contributed by atoms with E-state index in [1.54, 1.807) is 4.90 Å². The summed E-state index contributed by atoms with van der Waals surface area (Å²) in [6, 6.07) is 15.4. The Bertz CT molecular complexity index is 722. The second-order valence-electron chi connectivity index (χ2n) is 5.91. The third-order valence-corrected chi connectivity index (χ3v) is 3.98. The molecule has 2 aromatic carbocycles. The second kappa shape index (κ2) is 6.65. The average molecular weight is 308 g/mol. The van der Waals surface area contributed by atoms with Gasteiger partial charge in [0, 0.05) is 24.3 Å². The average Bonchev–Trinajstić information content (AvgIpc) is 2.94. The minimum atomic E-state index is -0.0411. The van der Waals surface area contributed by atoms with Crippen LogP contribution in [0.5, 0.6) is 0 Å². The Morgan fingerprint density at radius 2 is 1.96 bits per heavy atom. The van der Waals surface area contributed by atoms with Gasteiger partial charge in [0.05, 0.1) is 6.42 Å². The fourth-order valence-electron chi connectivity index (χ4n) is 2.86. The molecule has 4 heteroatoms. The maximum atomic E-state index is 12.1. The molecule has 1 fully saturated rings. The topological polar surface area (TPSA) is 49.4 Å². The lowest BCUT2D eigenvalue weighted by atomic mass is 10.1. The molecule has 2 amide bonds. The maximum Gasteiger partial charge on any atom is 0.228 e. The number of carbonyl (C=O) groups is 2. The molecule has 1 aliphatic heterocycles. The van der Waals surface area contributed by atoms with E-state index < -0.39 is 0 Å².